The minimum Gasteiger partial charge on any atom is -0.492 e. The molecule has 108 valence electrons. The summed E-state index contributed by atoms with van der Waals surface area (Å²) >= 11 is 6.11. The van der Waals surface area contributed by atoms with Crippen molar-refractivity contribution in [3.8, 4) is 11.8 Å². The molecule has 2 nitrogen and oxygen atoms in total. The molecule has 2 rings (SSSR count). The Bertz CT molecular complexity index is 472. The number of ether oxygens (including phenoxy) is 1. The molecule has 1 fully saturated rings. The van der Waals surface area contributed by atoms with Crippen molar-refractivity contribution >= 4 is 11.6 Å². The van der Waals surface area contributed by atoms with Crippen LogP contribution >= 0.6 is 11.6 Å². The van der Waals surface area contributed by atoms with Gasteiger partial charge >= 0.3 is 0 Å². The van der Waals surface area contributed by atoms with Gasteiger partial charge in [-0.1, -0.05) is 44.2 Å². The fourth-order valence-corrected chi connectivity index (χ4v) is 3.23. The SMILES string of the molecule is CCCC1CCC(COc2ccc(C#N)cc2Cl)CC1. The van der Waals surface area contributed by atoms with Crippen LogP contribution in [0.5, 0.6) is 5.75 Å². The van der Waals surface area contributed by atoms with Crippen LogP contribution in [0.4, 0.5) is 0 Å². The van der Waals surface area contributed by atoms with Crippen LogP contribution in [-0.4, -0.2) is 6.61 Å². The first-order valence-corrected chi connectivity index (χ1v) is 7.93. The third-order valence-corrected chi connectivity index (χ3v) is 4.49. The van der Waals surface area contributed by atoms with Gasteiger partial charge in [0, 0.05) is 0 Å². The molecule has 1 aliphatic rings. The van der Waals surface area contributed by atoms with Gasteiger partial charge < -0.3 is 4.74 Å². The number of nitrogens with zero attached hydrogens (tertiary/aromatic N) is 1. The number of rotatable bonds is 5. The summed E-state index contributed by atoms with van der Waals surface area (Å²) in [6, 6.07) is 7.28. The molecule has 1 aliphatic carbocycles. The second-order valence-corrected chi connectivity index (χ2v) is 6.15. The molecule has 0 amide bonds. The number of hydrogen-bond acceptors (Lipinski definition) is 2. The van der Waals surface area contributed by atoms with Crippen LogP contribution in [0.25, 0.3) is 0 Å². The summed E-state index contributed by atoms with van der Waals surface area (Å²) < 4.78 is 5.83. The Kier molecular flexibility index (Phi) is 5.73. The highest BCUT2D eigenvalue weighted by Gasteiger charge is 2.21. The first-order chi connectivity index (χ1) is 9.72. The van der Waals surface area contributed by atoms with Crippen molar-refractivity contribution in [2.75, 3.05) is 6.61 Å². The third-order valence-electron chi connectivity index (χ3n) is 4.20. The van der Waals surface area contributed by atoms with Gasteiger partial charge in [-0.2, -0.15) is 5.26 Å². The topological polar surface area (TPSA) is 33.0 Å². The molecule has 0 unspecified atom stereocenters. The van der Waals surface area contributed by atoms with E-state index in [2.05, 4.69) is 13.0 Å². The van der Waals surface area contributed by atoms with E-state index in [9.17, 15) is 0 Å². The Balaban J connectivity index is 1.80. The van der Waals surface area contributed by atoms with Crippen molar-refractivity contribution in [2.24, 2.45) is 11.8 Å². The largest absolute Gasteiger partial charge is 0.492 e. The maximum atomic E-state index is 8.81. The molecule has 0 radical (unpaired) electrons. The molecule has 0 atom stereocenters. The molecule has 20 heavy (non-hydrogen) atoms. The van der Waals surface area contributed by atoms with Gasteiger partial charge in [-0.3, -0.25) is 0 Å². The van der Waals surface area contributed by atoms with E-state index < -0.39 is 0 Å². The predicted molar refractivity (Wildman–Crippen MR) is 82.0 cm³/mol. The lowest BCUT2D eigenvalue weighted by atomic mass is 9.80. The second kappa shape index (κ2) is 7.55. The van der Waals surface area contributed by atoms with Crippen LogP contribution in [0.15, 0.2) is 18.2 Å². The Morgan fingerprint density at radius 2 is 1.95 bits per heavy atom. The summed E-state index contributed by atoms with van der Waals surface area (Å²) in [5.74, 6) is 2.27. The fourth-order valence-electron chi connectivity index (χ4n) is 2.99. The zero-order valence-electron chi connectivity index (χ0n) is 12.1. The monoisotopic (exact) mass is 291 g/mol. The molecule has 0 aromatic heterocycles. The lowest BCUT2D eigenvalue weighted by molar-refractivity contribution is 0.179. The Morgan fingerprint density at radius 3 is 2.55 bits per heavy atom. The van der Waals surface area contributed by atoms with E-state index in [0.29, 0.717) is 22.3 Å². The summed E-state index contributed by atoms with van der Waals surface area (Å²) in [7, 11) is 0. The minimum atomic E-state index is 0.531. The van der Waals surface area contributed by atoms with Gasteiger partial charge in [0.15, 0.2) is 0 Å². The molecule has 0 spiro atoms. The highest BCUT2D eigenvalue weighted by Crippen LogP contribution is 2.33. The molecule has 0 heterocycles. The fraction of sp³-hybridized carbons (Fsp3) is 0.588. The summed E-state index contributed by atoms with van der Waals surface area (Å²) in [6.07, 6.45) is 7.87. The van der Waals surface area contributed by atoms with Crippen molar-refractivity contribution in [1.82, 2.24) is 0 Å². The first-order valence-electron chi connectivity index (χ1n) is 7.55. The van der Waals surface area contributed by atoms with E-state index in [0.717, 1.165) is 12.5 Å². The highest BCUT2D eigenvalue weighted by molar-refractivity contribution is 6.32. The van der Waals surface area contributed by atoms with Crippen molar-refractivity contribution < 1.29 is 4.74 Å². The zero-order valence-corrected chi connectivity index (χ0v) is 12.8. The summed E-state index contributed by atoms with van der Waals surface area (Å²) in [5, 5.41) is 9.34. The molecule has 0 N–H and O–H groups in total. The molecule has 1 saturated carbocycles. The second-order valence-electron chi connectivity index (χ2n) is 5.74. The molecule has 1 aromatic rings. The van der Waals surface area contributed by atoms with Crippen molar-refractivity contribution in [3.63, 3.8) is 0 Å². The van der Waals surface area contributed by atoms with Gasteiger partial charge in [0.25, 0.3) is 0 Å². The van der Waals surface area contributed by atoms with Gasteiger partial charge in [-0.15, -0.1) is 0 Å². The van der Waals surface area contributed by atoms with Crippen LogP contribution < -0.4 is 4.74 Å². The van der Waals surface area contributed by atoms with Gasteiger partial charge in [-0.25, -0.2) is 0 Å². The van der Waals surface area contributed by atoms with Gasteiger partial charge in [-0.05, 0) is 42.9 Å². The smallest absolute Gasteiger partial charge is 0.137 e. The highest BCUT2D eigenvalue weighted by atomic mass is 35.5. The average molecular weight is 292 g/mol. The van der Waals surface area contributed by atoms with Gasteiger partial charge in [0.05, 0.1) is 23.3 Å². The average Bonchev–Trinajstić information content (AvgIpc) is 2.48. The van der Waals surface area contributed by atoms with E-state index in [1.165, 1.54) is 38.5 Å². The number of nitriles is 1. The van der Waals surface area contributed by atoms with Gasteiger partial charge in [0.1, 0.15) is 5.75 Å². The summed E-state index contributed by atoms with van der Waals surface area (Å²) in [4.78, 5) is 0. The zero-order chi connectivity index (χ0) is 14.4. The van der Waals surface area contributed by atoms with Crippen molar-refractivity contribution in [2.45, 2.75) is 45.4 Å². The molecule has 3 heteroatoms. The Morgan fingerprint density at radius 1 is 1.25 bits per heavy atom. The molecular formula is C17H22ClNO. The van der Waals surface area contributed by atoms with Crippen molar-refractivity contribution in [1.29, 1.82) is 5.26 Å². The number of hydrogen-bond donors (Lipinski definition) is 0. The molecule has 0 bridgehead atoms. The lowest BCUT2D eigenvalue weighted by Crippen LogP contribution is -2.20. The first kappa shape index (κ1) is 15.2. The van der Waals surface area contributed by atoms with Crippen LogP contribution in [0.2, 0.25) is 5.02 Å². The summed E-state index contributed by atoms with van der Waals surface area (Å²) in [6.45, 7) is 3.01. The molecule has 0 aliphatic heterocycles. The summed E-state index contributed by atoms with van der Waals surface area (Å²) in [5.41, 5.74) is 0.572. The van der Waals surface area contributed by atoms with Crippen LogP contribution in [0.1, 0.15) is 51.0 Å². The Labute approximate surface area is 126 Å². The number of benzene rings is 1. The molecule has 1 aromatic carbocycles. The molecule has 0 saturated heterocycles. The third kappa shape index (κ3) is 4.15. The van der Waals surface area contributed by atoms with Crippen LogP contribution in [0, 0.1) is 23.2 Å². The van der Waals surface area contributed by atoms with E-state index in [1.807, 2.05) is 0 Å². The quantitative estimate of drug-likeness (QED) is 0.747. The van der Waals surface area contributed by atoms with E-state index >= 15 is 0 Å². The van der Waals surface area contributed by atoms with Crippen LogP contribution in [0.3, 0.4) is 0 Å². The van der Waals surface area contributed by atoms with E-state index in [1.54, 1.807) is 18.2 Å². The van der Waals surface area contributed by atoms with Crippen molar-refractivity contribution in [3.05, 3.63) is 28.8 Å². The van der Waals surface area contributed by atoms with Crippen LogP contribution in [-0.2, 0) is 0 Å². The lowest BCUT2D eigenvalue weighted by Gasteiger charge is -2.28. The predicted octanol–water partition coefficient (Wildman–Crippen LogP) is 5.20. The minimum absolute atomic E-state index is 0.531. The van der Waals surface area contributed by atoms with E-state index in [4.69, 9.17) is 21.6 Å². The normalized spacial score (nSPS) is 22.2. The Hall–Kier alpha value is -1.20. The number of halogens is 1. The van der Waals surface area contributed by atoms with Gasteiger partial charge in [0.2, 0.25) is 0 Å². The maximum absolute atomic E-state index is 8.81. The molecular weight excluding hydrogens is 270 g/mol. The van der Waals surface area contributed by atoms with E-state index in [-0.39, 0.29) is 0 Å². The standard InChI is InChI=1S/C17H22ClNO/c1-2-3-13-4-6-14(7-5-13)12-20-17-9-8-15(11-19)10-16(17)18/h8-10,13-14H,2-7,12H2,1H3. The maximum Gasteiger partial charge on any atom is 0.137 e.